The van der Waals surface area contributed by atoms with E-state index in [4.69, 9.17) is 15.9 Å². The summed E-state index contributed by atoms with van der Waals surface area (Å²) < 4.78 is 8.68. The van der Waals surface area contributed by atoms with Crippen LogP contribution in [0.3, 0.4) is 0 Å². The Morgan fingerprint density at radius 3 is 2.07 bits per heavy atom. The Morgan fingerprint density at radius 1 is 1.20 bits per heavy atom. The van der Waals surface area contributed by atoms with Crippen LogP contribution in [-0.4, -0.2) is 40.8 Å². The second kappa shape index (κ2) is 6.33. The summed E-state index contributed by atoms with van der Waals surface area (Å²) >= 11 is 0. The van der Waals surface area contributed by atoms with Gasteiger partial charge < -0.3 is 25.4 Å². The predicted octanol–water partition coefficient (Wildman–Crippen LogP) is -1.53. The predicted molar refractivity (Wildman–Crippen MR) is 48.1 cm³/mol. The van der Waals surface area contributed by atoms with E-state index in [1.54, 1.807) is 0 Å². The standard InChI is InChI=1S/C8H15NO6/c1-4(10)14-7(12)3-6(9)8(13)15-5(2)11/h4-6,10-11H,3,9H2,1-2H3. The van der Waals surface area contributed by atoms with E-state index in [-0.39, 0.29) is 0 Å². The van der Waals surface area contributed by atoms with Crippen LogP contribution >= 0.6 is 0 Å². The van der Waals surface area contributed by atoms with E-state index in [1.807, 2.05) is 0 Å². The van der Waals surface area contributed by atoms with Crippen molar-refractivity contribution in [1.29, 1.82) is 0 Å². The lowest BCUT2D eigenvalue weighted by atomic mass is 10.2. The summed E-state index contributed by atoms with van der Waals surface area (Å²) in [5.74, 6) is -1.73. The van der Waals surface area contributed by atoms with Gasteiger partial charge in [-0.05, 0) is 13.8 Å². The zero-order valence-corrected chi connectivity index (χ0v) is 8.54. The lowest BCUT2D eigenvalue weighted by Crippen LogP contribution is -2.37. The molecule has 0 aromatic carbocycles. The Morgan fingerprint density at radius 2 is 1.67 bits per heavy atom. The molecule has 7 nitrogen and oxygen atoms in total. The minimum atomic E-state index is -1.28. The molecule has 0 fully saturated rings. The summed E-state index contributed by atoms with van der Waals surface area (Å²) in [7, 11) is 0. The third kappa shape index (κ3) is 6.83. The molecule has 0 aliphatic heterocycles. The topological polar surface area (TPSA) is 119 Å². The minimum absolute atomic E-state index is 0.420. The molecule has 0 aliphatic carbocycles. The molecule has 3 unspecified atom stereocenters. The Kier molecular flexibility index (Phi) is 5.83. The van der Waals surface area contributed by atoms with Crippen LogP contribution in [0.5, 0.6) is 0 Å². The number of carbonyl (C=O) groups excluding carboxylic acids is 2. The van der Waals surface area contributed by atoms with E-state index in [0.29, 0.717) is 0 Å². The maximum absolute atomic E-state index is 11.0. The zero-order valence-electron chi connectivity index (χ0n) is 8.54. The number of nitrogens with two attached hydrogens (primary N) is 1. The van der Waals surface area contributed by atoms with E-state index in [1.165, 1.54) is 13.8 Å². The van der Waals surface area contributed by atoms with Crippen molar-refractivity contribution in [2.75, 3.05) is 0 Å². The van der Waals surface area contributed by atoms with E-state index in [2.05, 4.69) is 9.47 Å². The van der Waals surface area contributed by atoms with Gasteiger partial charge in [-0.15, -0.1) is 0 Å². The number of carbonyl (C=O) groups is 2. The summed E-state index contributed by atoms with van der Waals surface area (Å²) in [6.45, 7) is 2.48. The van der Waals surface area contributed by atoms with Crippen molar-refractivity contribution in [1.82, 2.24) is 0 Å². The fraction of sp³-hybridized carbons (Fsp3) is 0.750. The van der Waals surface area contributed by atoms with Gasteiger partial charge in [-0.1, -0.05) is 0 Å². The number of ether oxygens (including phenoxy) is 2. The Hall–Kier alpha value is -1.18. The fourth-order valence-electron chi connectivity index (χ4n) is 0.757. The monoisotopic (exact) mass is 221 g/mol. The molecule has 0 saturated heterocycles. The minimum Gasteiger partial charge on any atom is -0.436 e. The van der Waals surface area contributed by atoms with E-state index in [9.17, 15) is 9.59 Å². The van der Waals surface area contributed by atoms with Crippen LogP contribution in [0, 0.1) is 0 Å². The van der Waals surface area contributed by atoms with Crippen LogP contribution in [-0.2, 0) is 19.1 Å². The number of rotatable bonds is 5. The molecule has 0 saturated carbocycles. The van der Waals surface area contributed by atoms with Crippen molar-refractivity contribution in [2.24, 2.45) is 5.73 Å². The van der Waals surface area contributed by atoms with Crippen molar-refractivity contribution < 1.29 is 29.3 Å². The Bertz CT molecular complexity index is 227. The van der Waals surface area contributed by atoms with E-state index < -0.39 is 37.0 Å². The number of hydrogen-bond acceptors (Lipinski definition) is 7. The van der Waals surface area contributed by atoms with Crippen LogP contribution in [0.25, 0.3) is 0 Å². The van der Waals surface area contributed by atoms with Crippen LogP contribution in [0.4, 0.5) is 0 Å². The van der Waals surface area contributed by atoms with Gasteiger partial charge in [0.2, 0.25) is 0 Å². The molecular weight excluding hydrogens is 206 g/mol. The summed E-state index contributed by atoms with van der Waals surface area (Å²) in [4.78, 5) is 21.9. The molecule has 0 radical (unpaired) electrons. The maximum atomic E-state index is 11.0. The molecule has 0 aliphatic rings. The van der Waals surface area contributed by atoms with Gasteiger partial charge >= 0.3 is 11.9 Å². The van der Waals surface area contributed by atoms with Crippen LogP contribution in [0.2, 0.25) is 0 Å². The van der Waals surface area contributed by atoms with Gasteiger partial charge in [0.25, 0.3) is 0 Å². The van der Waals surface area contributed by atoms with Gasteiger partial charge in [0, 0.05) is 0 Å². The summed E-state index contributed by atoms with van der Waals surface area (Å²) in [6, 6.07) is -1.22. The molecule has 88 valence electrons. The van der Waals surface area contributed by atoms with Gasteiger partial charge in [0.1, 0.15) is 6.04 Å². The van der Waals surface area contributed by atoms with Crippen molar-refractivity contribution in [2.45, 2.75) is 38.9 Å². The summed E-state index contributed by atoms with van der Waals surface area (Å²) in [6.07, 6.45) is -2.95. The van der Waals surface area contributed by atoms with Crippen molar-refractivity contribution in [3.8, 4) is 0 Å². The highest BCUT2D eigenvalue weighted by Gasteiger charge is 2.21. The first kappa shape index (κ1) is 13.8. The van der Waals surface area contributed by atoms with Crippen molar-refractivity contribution >= 4 is 11.9 Å². The molecule has 0 bridgehead atoms. The largest absolute Gasteiger partial charge is 0.436 e. The number of esters is 2. The summed E-state index contributed by atoms with van der Waals surface area (Å²) in [5.41, 5.74) is 5.27. The quantitative estimate of drug-likeness (QED) is 0.380. The van der Waals surface area contributed by atoms with Crippen LogP contribution in [0.15, 0.2) is 0 Å². The highest BCUT2D eigenvalue weighted by atomic mass is 16.6. The smallest absolute Gasteiger partial charge is 0.325 e. The first-order valence-corrected chi connectivity index (χ1v) is 4.34. The molecule has 3 atom stereocenters. The molecule has 0 rings (SSSR count). The summed E-state index contributed by atoms with van der Waals surface area (Å²) in [5, 5.41) is 17.4. The van der Waals surface area contributed by atoms with Crippen LogP contribution in [0.1, 0.15) is 20.3 Å². The van der Waals surface area contributed by atoms with E-state index in [0.717, 1.165) is 0 Å². The maximum Gasteiger partial charge on any atom is 0.325 e. The first-order chi connectivity index (χ1) is 6.82. The highest BCUT2D eigenvalue weighted by Crippen LogP contribution is 1.99. The molecule has 0 spiro atoms. The molecular formula is C8H15NO6. The number of hydrogen-bond donors (Lipinski definition) is 3. The normalized spacial score (nSPS) is 16.3. The molecule has 0 amide bonds. The third-order valence-corrected chi connectivity index (χ3v) is 1.28. The van der Waals surface area contributed by atoms with Gasteiger partial charge in [0.15, 0.2) is 12.6 Å². The van der Waals surface area contributed by atoms with Crippen molar-refractivity contribution in [3.63, 3.8) is 0 Å². The lowest BCUT2D eigenvalue weighted by Gasteiger charge is -2.13. The van der Waals surface area contributed by atoms with Gasteiger partial charge in [-0.25, -0.2) is 0 Å². The number of aliphatic hydroxyl groups excluding tert-OH is 2. The molecule has 0 aromatic heterocycles. The highest BCUT2D eigenvalue weighted by molar-refractivity contribution is 5.82. The van der Waals surface area contributed by atoms with Gasteiger partial charge in [0.05, 0.1) is 6.42 Å². The molecule has 0 heterocycles. The third-order valence-electron chi connectivity index (χ3n) is 1.28. The SMILES string of the molecule is CC(O)OC(=O)CC(N)C(=O)OC(C)O. The molecule has 0 aromatic rings. The Balaban J connectivity index is 3.96. The first-order valence-electron chi connectivity index (χ1n) is 4.34. The Labute approximate surface area is 86.8 Å². The molecule has 7 heteroatoms. The fourth-order valence-corrected chi connectivity index (χ4v) is 0.757. The molecule has 15 heavy (non-hydrogen) atoms. The van der Waals surface area contributed by atoms with Crippen LogP contribution < -0.4 is 5.73 Å². The zero-order chi connectivity index (χ0) is 12.0. The average Bonchev–Trinajstić information content (AvgIpc) is 2.00. The van der Waals surface area contributed by atoms with Gasteiger partial charge in [-0.3, -0.25) is 9.59 Å². The average molecular weight is 221 g/mol. The molecule has 4 N–H and O–H groups in total. The number of aliphatic hydroxyl groups is 2. The second-order valence-corrected chi connectivity index (χ2v) is 2.94. The second-order valence-electron chi connectivity index (χ2n) is 2.94. The lowest BCUT2D eigenvalue weighted by molar-refractivity contribution is -0.173. The van der Waals surface area contributed by atoms with Crippen molar-refractivity contribution in [3.05, 3.63) is 0 Å². The van der Waals surface area contributed by atoms with E-state index >= 15 is 0 Å². The van der Waals surface area contributed by atoms with Gasteiger partial charge in [-0.2, -0.15) is 0 Å².